The lowest BCUT2D eigenvalue weighted by Crippen LogP contribution is -2.18. The number of amides is 1. The van der Waals surface area contributed by atoms with Crippen LogP contribution >= 0.6 is 0 Å². The van der Waals surface area contributed by atoms with E-state index in [9.17, 15) is 14.4 Å². The molecule has 0 spiro atoms. The van der Waals surface area contributed by atoms with Crippen molar-refractivity contribution in [1.82, 2.24) is 0 Å². The van der Waals surface area contributed by atoms with E-state index in [0.717, 1.165) is 5.56 Å². The summed E-state index contributed by atoms with van der Waals surface area (Å²) >= 11 is 0. The van der Waals surface area contributed by atoms with Crippen LogP contribution in [0.1, 0.15) is 42.9 Å². The van der Waals surface area contributed by atoms with Gasteiger partial charge in [-0.15, -0.1) is 0 Å². The maximum Gasteiger partial charge on any atom is 0.313 e. The number of esters is 2. The van der Waals surface area contributed by atoms with E-state index in [-0.39, 0.29) is 25.1 Å². The zero-order valence-electron chi connectivity index (χ0n) is 12.6. The molecule has 1 atom stereocenters. The van der Waals surface area contributed by atoms with Gasteiger partial charge < -0.3 is 21.9 Å². The Morgan fingerprint density at radius 3 is 2.09 bits per heavy atom. The normalized spacial score (nSPS) is 11.5. The third-order valence-electron chi connectivity index (χ3n) is 3.11. The Hall–Kier alpha value is -2.74. The summed E-state index contributed by atoms with van der Waals surface area (Å²) in [6, 6.07) is 6.38. The molecule has 1 aromatic rings. The molecule has 0 aromatic heterocycles. The summed E-state index contributed by atoms with van der Waals surface area (Å²) in [6.45, 7) is 0. The van der Waals surface area contributed by atoms with Crippen LogP contribution in [0.25, 0.3) is 0 Å². The molecule has 0 aliphatic heterocycles. The van der Waals surface area contributed by atoms with Crippen LogP contribution < -0.4 is 17.2 Å². The number of primary amides is 1. The van der Waals surface area contributed by atoms with Crippen LogP contribution in [0.4, 0.5) is 0 Å². The molecular formula is C15H20N4O4. The van der Waals surface area contributed by atoms with Crippen molar-refractivity contribution in [2.45, 2.75) is 31.7 Å². The highest BCUT2D eigenvalue weighted by Crippen LogP contribution is 2.17. The molecule has 8 nitrogen and oxygen atoms in total. The van der Waals surface area contributed by atoms with Crippen molar-refractivity contribution in [3.05, 3.63) is 35.4 Å². The molecule has 0 bridgehead atoms. The van der Waals surface area contributed by atoms with E-state index < -0.39 is 23.9 Å². The van der Waals surface area contributed by atoms with Gasteiger partial charge in [-0.1, -0.05) is 24.3 Å². The first kappa shape index (κ1) is 18.3. The molecular weight excluding hydrogens is 300 g/mol. The van der Waals surface area contributed by atoms with Crippen molar-refractivity contribution >= 4 is 23.7 Å². The minimum Gasteiger partial charge on any atom is -0.393 e. The molecule has 0 saturated carbocycles. The van der Waals surface area contributed by atoms with Crippen LogP contribution in [0.3, 0.4) is 0 Å². The van der Waals surface area contributed by atoms with E-state index in [1.807, 2.05) is 0 Å². The topological polar surface area (TPSA) is 162 Å². The maximum atomic E-state index is 11.5. The van der Waals surface area contributed by atoms with E-state index in [4.69, 9.17) is 22.6 Å². The van der Waals surface area contributed by atoms with Crippen molar-refractivity contribution < 1.29 is 19.1 Å². The molecule has 0 aliphatic rings. The zero-order valence-corrected chi connectivity index (χ0v) is 12.6. The predicted octanol–water partition coefficient (Wildman–Crippen LogP) is 0.0860. The van der Waals surface area contributed by atoms with Gasteiger partial charge in [-0.2, -0.15) is 0 Å². The van der Waals surface area contributed by atoms with Crippen LogP contribution in [0, 0.1) is 5.41 Å². The number of nitrogens with two attached hydrogens (primary N) is 3. The van der Waals surface area contributed by atoms with E-state index in [2.05, 4.69) is 4.74 Å². The third kappa shape index (κ3) is 6.70. The second-order valence-corrected chi connectivity index (χ2v) is 4.99. The Balaban J connectivity index is 2.41. The van der Waals surface area contributed by atoms with Crippen LogP contribution in [0.2, 0.25) is 0 Å². The van der Waals surface area contributed by atoms with Gasteiger partial charge in [0.15, 0.2) is 0 Å². The van der Waals surface area contributed by atoms with E-state index in [1.54, 1.807) is 24.3 Å². The molecule has 1 rings (SSSR count). The molecule has 1 aromatic carbocycles. The number of hydrogen-bond donors (Lipinski definition) is 4. The quantitative estimate of drug-likeness (QED) is 0.229. The average molecular weight is 320 g/mol. The molecule has 0 aliphatic carbocycles. The number of nitrogens with one attached hydrogen (secondary N) is 1. The summed E-state index contributed by atoms with van der Waals surface area (Å²) in [6.07, 6.45) is -0.118. The molecule has 124 valence electrons. The molecule has 23 heavy (non-hydrogen) atoms. The second-order valence-electron chi connectivity index (χ2n) is 4.99. The lowest BCUT2D eigenvalue weighted by molar-refractivity contribution is -0.160. The Morgan fingerprint density at radius 1 is 1.00 bits per heavy atom. The van der Waals surface area contributed by atoms with Crippen molar-refractivity contribution in [2.24, 2.45) is 17.2 Å². The highest BCUT2D eigenvalue weighted by Gasteiger charge is 2.14. The Bertz CT molecular complexity index is 598. The fraction of sp³-hybridized carbons (Fsp3) is 0.333. The first-order chi connectivity index (χ1) is 10.8. The second kappa shape index (κ2) is 8.64. The summed E-state index contributed by atoms with van der Waals surface area (Å²) in [5.41, 5.74) is 17.6. The maximum absolute atomic E-state index is 11.5. The van der Waals surface area contributed by atoms with E-state index >= 15 is 0 Å². The van der Waals surface area contributed by atoms with Crippen molar-refractivity contribution in [3.63, 3.8) is 0 Å². The number of rotatable bonds is 8. The molecule has 0 saturated heterocycles. The fourth-order valence-electron chi connectivity index (χ4n) is 1.80. The van der Waals surface area contributed by atoms with Crippen LogP contribution in [0.15, 0.2) is 24.3 Å². The highest BCUT2D eigenvalue weighted by atomic mass is 16.6. The Labute approximate surface area is 133 Å². The Morgan fingerprint density at radius 2 is 1.57 bits per heavy atom. The minimum absolute atomic E-state index is 0.0298. The van der Waals surface area contributed by atoms with E-state index in [0.29, 0.717) is 12.0 Å². The lowest BCUT2D eigenvalue weighted by atomic mass is 10.0. The number of hydrogen-bond acceptors (Lipinski definition) is 6. The number of ether oxygens (including phenoxy) is 1. The molecule has 8 heteroatoms. The fourth-order valence-corrected chi connectivity index (χ4v) is 1.80. The minimum atomic E-state index is -0.784. The standard InChI is InChI=1S/C15H20N4O4/c16-11(9-1-3-10(4-2-9)15(18)19)5-7-13(21)23-14(22)8-6-12(17)20/h1-4,11H,5-8,16H2,(H2,17,20)(H3,18,19). The number of benzene rings is 1. The molecule has 0 fully saturated rings. The number of carbonyl (C=O) groups is 3. The predicted molar refractivity (Wildman–Crippen MR) is 83.1 cm³/mol. The third-order valence-corrected chi connectivity index (χ3v) is 3.11. The average Bonchev–Trinajstić information content (AvgIpc) is 2.50. The summed E-state index contributed by atoms with van der Waals surface area (Å²) in [5.74, 6) is -2.16. The number of amidine groups is 1. The van der Waals surface area contributed by atoms with Gasteiger partial charge in [-0.05, 0) is 12.0 Å². The van der Waals surface area contributed by atoms with Crippen molar-refractivity contribution in [2.75, 3.05) is 0 Å². The lowest BCUT2D eigenvalue weighted by Gasteiger charge is -2.12. The molecule has 0 radical (unpaired) electrons. The zero-order chi connectivity index (χ0) is 17.4. The summed E-state index contributed by atoms with van der Waals surface area (Å²) < 4.78 is 4.55. The summed E-state index contributed by atoms with van der Waals surface area (Å²) in [7, 11) is 0. The van der Waals surface area contributed by atoms with Gasteiger partial charge in [0.2, 0.25) is 5.91 Å². The van der Waals surface area contributed by atoms with Gasteiger partial charge >= 0.3 is 11.9 Å². The largest absolute Gasteiger partial charge is 0.393 e. The summed E-state index contributed by atoms with van der Waals surface area (Å²) in [4.78, 5) is 33.3. The molecule has 0 heterocycles. The monoisotopic (exact) mass is 320 g/mol. The van der Waals surface area contributed by atoms with Gasteiger partial charge in [0.1, 0.15) is 5.84 Å². The van der Waals surface area contributed by atoms with Crippen molar-refractivity contribution in [1.29, 1.82) is 5.41 Å². The molecule has 1 amide bonds. The van der Waals surface area contributed by atoms with Gasteiger partial charge in [0.05, 0.1) is 6.42 Å². The van der Waals surface area contributed by atoms with Crippen LogP contribution in [-0.4, -0.2) is 23.7 Å². The van der Waals surface area contributed by atoms with Crippen molar-refractivity contribution in [3.8, 4) is 0 Å². The molecule has 7 N–H and O–H groups in total. The smallest absolute Gasteiger partial charge is 0.313 e. The van der Waals surface area contributed by atoms with E-state index in [1.165, 1.54) is 0 Å². The van der Waals surface area contributed by atoms with Gasteiger partial charge in [-0.25, -0.2) is 0 Å². The first-order valence-corrected chi connectivity index (χ1v) is 7.01. The van der Waals surface area contributed by atoms with Gasteiger partial charge in [-0.3, -0.25) is 19.8 Å². The van der Waals surface area contributed by atoms with Gasteiger partial charge in [0.25, 0.3) is 0 Å². The first-order valence-electron chi connectivity index (χ1n) is 7.01. The highest BCUT2D eigenvalue weighted by molar-refractivity contribution is 5.94. The Kier molecular flexibility index (Phi) is 6.88. The molecule has 1 unspecified atom stereocenters. The van der Waals surface area contributed by atoms with Crippen LogP contribution in [0.5, 0.6) is 0 Å². The van der Waals surface area contributed by atoms with Gasteiger partial charge in [0, 0.05) is 24.4 Å². The number of nitrogen functional groups attached to an aromatic ring is 1. The van der Waals surface area contributed by atoms with Crippen LogP contribution in [-0.2, 0) is 19.1 Å². The number of carbonyl (C=O) groups excluding carboxylic acids is 3. The SMILES string of the molecule is N=C(N)c1ccc(C(N)CCC(=O)OC(=O)CCC(N)=O)cc1. The summed E-state index contributed by atoms with van der Waals surface area (Å²) in [5, 5.41) is 7.30.